The van der Waals surface area contributed by atoms with Gasteiger partial charge >= 0.3 is 0 Å². The zero-order valence-corrected chi connectivity index (χ0v) is 35.5. The summed E-state index contributed by atoms with van der Waals surface area (Å²) in [5.41, 5.74) is -3.04. The first-order chi connectivity index (χ1) is 23.9. The lowest BCUT2D eigenvalue weighted by molar-refractivity contribution is -0.306. The number of rotatable bonds is 17. The molecular weight excluding hydrogens is 660 g/mol. The van der Waals surface area contributed by atoms with Crippen molar-refractivity contribution in [1.29, 1.82) is 0 Å². The molecule has 3 rings (SSSR count). The average molecular weight is 739 g/mol. The first-order valence-electron chi connectivity index (χ1n) is 20.0. The molecule has 4 N–H and O–H groups in total. The molecule has 0 radical (unpaired) electrons. The summed E-state index contributed by atoms with van der Waals surface area (Å²) >= 11 is 0. The zero-order chi connectivity index (χ0) is 39.3. The van der Waals surface area contributed by atoms with Gasteiger partial charge in [-0.25, -0.2) is 15.0 Å². The fraction of sp³-hybridized carbons (Fsp3) is 0.949. The van der Waals surface area contributed by atoms with Gasteiger partial charge in [-0.3, -0.25) is 20.0 Å². The number of unbranched alkanes of at least 4 members (excludes halogenated alkanes) is 2. The Kier molecular flexibility index (Phi) is 15.1. The van der Waals surface area contributed by atoms with Gasteiger partial charge in [0.2, 0.25) is 11.9 Å². The molecule has 304 valence electrons. The number of aliphatic imine (C=N–C) groups is 2. The van der Waals surface area contributed by atoms with Crippen molar-refractivity contribution in [2.45, 2.75) is 194 Å². The lowest BCUT2D eigenvalue weighted by atomic mass is 9.78. The second kappa shape index (κ2) is 17.5. The van der Waals surface area contributed by atoms with Crippen LogP contribution in [0.1, 0.15) is 148 Å². The van der Waals surface area contributed by atoms with Crippen LogP contribution < -0.4 is 5.32 Å². The molecule has 3 aliphatic rings. The summed E-state index contributed by atoms with van der Waals surface area (Å²) in [7, 11) is 0. The van der Waals surface area contributed by atoms with Gasteiger partial charge in [-0.1, -0.05) is 26.7 Å². The van der Waals surface area contributed by atoms with Gasteiger partial charge in [0, 0.05) is 47.3 Å². The van der Waals surface area contributed by atoms with E-state index >= 15 is 0 Å². The van der Waals surface area contributed by atoms with Crippen LogP contribution in [0.4, 0.5) is 0 Å². The molecule has 52 heavy (non-hydrogen) atoms. The molecule has 0 spiro atoms. The van der Waals surface area contributed by atoms with Crippen molar-refractivity contribution < 1.29 is 25.0 Å². The number of hydrogen-bond acceptors (Lipinski definition) is 11. The number of nitrogens with zero attached hydrogens (tertiary/aromatic N) is 7. The van der Waals surface area contributed by atoms with E-state index in [0.717, 1.165) is 76.4 Å². The predicted molar refractivity (Wildman–Crippen MR) is 210 cm³/mol. The van der Waals surface area contributed by atoms with Crippen LogP contribution in [0.15, 0.2) is 9.98 Å². The van der Waals surface area contributed by atoms with Crippen LogP contribution in [0.25, 0.3) is 0 Å². The van der Waals surface area contributed by atoms with Gasteiger partial charge in [-0.2, -0.15) is 10.1 Å². The van der Waals surface area contributed by atoms with E-state index in [1.807, 2.05) is 0 Å². The van der Waals surface area contributed by atoms with Crippen LogP contribution in [-0.4, -0.2) is 144 Å². The largest absolute Gasteiger partial charge is 0.394 e. The molecule has 0 atom stereocenters. The summed E-state index contributed by atoms with van der Waals surface area (Å²) in [6, 6.07) is 0.379. The molecule has 0 aliphatic carbocycles. The lowest BCUT2D eigenvalue weighted by Crippen LogP contribution is -2.69. The standard InChI is InChI=1S/C39H78N8O5/c1-15-17-20-43(30-23-34(3,4)46(35(5,6)24-30)51-27-38(11,12)49)32-41-29-45(33(42-32)40-19-22-48)44(21-18-16-2)31-25-36(7,8)47(37(9,10)26-31)52-28-39(13,14)50/h30-31,48-50H,15-29H2,1-14H3,(H,40,41,42). The molecular formula is C39H78N8O5. The van der Waals surface area contributed by atoms with E-state index < -0.39 is 11.2 Å². The minimum Gasteiger partial charge on any atom is -0.394 e. The third-order valence-corrected chi connectivity index (χ3v) is 10.4. The van der Waals surface area contributed by atoms with E-state index in [1.54, 1.807) is 27.7 Å². The Morgan fingerprint density at radius 2 is 1.21 bits per heavy atom. The van der Waals surface area contributed by atoms with Gasteiger partial charge in [0.1, 0.15) is 6.67 Å². The highest BCUT2D eigenvalue weighted by atomic mass is 16.7. The van der Waals surface area contributed by atoms with Crippen LogP contribution in [0, 0.1) is 0 Å². The average Bonchev–Trinajstić information content (AvgIpc) is 2.97. The van der Waals surface area contributed by atoms with Gasteiger partial charge in [-0.15, -0.1) is 0 Å². The topological polar surface area (TPSA) is 132 Å². The Hall–Kier alpha value is -1.58. The van der Waals surface area contributed by atoms with E-state index in [-0.39, 0.29) is 54.1 Å². The summed E-state index contributed by atoms with van der Waals surface area (Å²) in [6.45, 7) is 32.2. The third kappa shape index (κ3) is 12.0. The number of aliphatic hydroxyl groups excluding tert-OH is 1. The van der Waals surface area contributed by atoms with E-state index in [0.29, 0.717) is 13.2 Å². The molecule has 3 aliphatic heterocycles. The maximum atomic E-state index is 10.5. The van der Waals surface area contributed by atoms with Gasteiger partial charge in [0.25, 0.3) is 0 Å². The van der Waals surface area contributed by atoms with Crippen LogP contribution in [0.2, 0.25) is 0 Å². The lowest BCUT2D eigenvalue weighted by Gasteiger charge is -2.57. The zero-order valence-electron chi connectivity index (χ0n) is 35.5. The summed E-state index contributed by atoms with van der Waals surface area (Å²) < 4.78 is 0. The number of piperidine rings is 2. The van der Waals surface area contributed by atoms with Gasteiger partial charge in [0.05, 0.1) is 37.6 Å². The number of hydrogen-bond donors (Lipinski definition) is 4. The molecule has 0 aromatic heterocycles. The van der Waals surface area contributed by atoms with E-state index in [9.17, 15) is 15.3 Å². The first kappa shape index (κ1) is 44.8. The Balaban J connectivity index is 1.96. The van der Waals surface area contributed by atoms with Crippen molar-refractivity contribution in [3.63, 3.8) is 0 Å². The summed E-state index contributed by atoms with van der Waals surface area (Å²) in [6.07, 6.45) is 7.62. The number of nitrogens with one attached hydrogen (secondary N) is 1. The second-order valence-electron chi connectivity index (χ2n) is 19.3. The van der Waals surface area contributed by atoms with Gasteiger partial charge in [0.15, 0.2) is 0 Å². The minimum atomic E-state index is -0.929. The van der Waals surface area contributed by atoms with E-state index in [2.05, 4.69) is 99.6 Å². The Bertz CT molecular complexity index is 1160. The van der Waals surface area contributed by atoms with Crippen molar-refractivity contribution >= 4 is 11.9 Å². The Morgan fingerprint density at radius 3 is 1.63 bits per heavy atom. The molecule has 13 heteroatoms. The quantitative estimate of drug-likeness (QED) is 0.159. The highest BCUT2D eigenvalue weighted by Crippen LogP contribution is 2.43. The number of hydroxylamine groups is 4. The number of hydrazine groups is 1. The molecule has 0 unspecified atom stereocenters. The molecule has 3 heterocycles. The second-order valence-corrected chi connectivity index (χ2v) is 19.3. The highest BCUT2D eigenvalue weighted by Gasteiger charge is 2.51. The van der Waals surface area contributed by atoms with Crippen molar-refractivity contribution in [3.8, 4) is 0 Å². The SMILES string of the molecule is CCCCN(C1=NCN(N(CCCC)C2CC(C)(C)N(OCC(C)(C)O)C(C)(C)C2)C(=NCCO)N1)C1CC(C)(C)N(OCC(C)(C)O)C(C)(C)C1. The molecule has 0 amide bonds. The third-order valence-electron chi connectivity index (χ3n) is 10.4. The molecule has 2 fully saturated rings. The Labute approximate surface area is 316 Å². The van der Waals surface area contributed by atoms with Gasteiger partial charge < -0.3 is 20.2 Å². The molecule has 0 bridgehead atoms. The maximum absolute atomic E-state index is 10.5. The smallest absolute Gasteiger partial charge is 0.217 e. The summed E-state index contributed by atoms with van der Waals surface area (Å²) in [5.74, 6) is 1.55. The summed E-state index contributed by atoms with van der Waals surface area (Å²) in [4.78, 5) is 25.3. The fourth-order valence-electron chi connectivity index (χ4n) is 8.65. The minimum absolute atomic E-state index is 0.0392. The number of aliphatic hydroxyl groups is 3. The van der Waals surface area contributed by atoms with E-state index in [4.69, 9.17) is 19.7 Å². The monoisotopic (exact) mass is 739 g/mol. The van der Waals surface area contributed by atoms with Crippen molar-refractivity contribution in [2.75, 3.05) is 46.1 Å². The Morgan fingerprint density at radius 1 is 0.769 bits per heavy atom. The van der Waals surface area contributed by atoms with Gasteiger partial charge in [-0.05, 0) is 122 Å². The van der Waals surface area contributed by atoms with Crippen LogP contribution in [0.5, 0.6) is 0 Å². The van der Waals surface area contributed by atoms with Crippen LogP contribution >= 0.6 is 0 Å². The maximum Gasteiger partial charge on any atom is 0.217 e. The van der Waals surface area contributed by atoms with Crippen LogP contribution in [-0.2, 0) is 9.68 Å². The fourth-order valence-corrected chi connectivity index (χ4v) is 8.65. The molecule has 13 nitrogen and oxygen atoms in total. The summed E-state index contributed by atoms with van der Waals surface area (Å²) in [5, 5.41) is 43.4. The first-order valence-corrected chi connectivity index (χ1v) is 20.0. The normalized spacial score (nSPS) is 24.0. The van der Waals surface area contributed by atoms with Crippen molar-refractivity contribution in [2.24, 2.45) is 9.98 Å². The number of guanidine groups is 2. The van der Waals surface area contributed by atoms with Crippen molar-refractivity contribution in [3.05, 3.63) is 0 Å². The molecule has 0 saturated carbocycles. The van der Waals surface area contributed by atoms with Crippen molar-refractivity contribution in [1.82, 2.24) is 30.4 Å². The van der Waals surface area contributed by atoms with E-state index in [1.165, 1.54) is 0 Å². The molecule has 2 saturated heterocycles. The predicted octanol–water partition coefficient (Wildman–Crippen LogP) is 5.12. The highest BCUT2D eigenvalue weighted by molar-refractivity contribution is 6.00. The molecule has 0 aromatic carbocycles. The molecule has 0 aromatic rings. The van der Waals surface area contributed by atoms with Crippen LogP contribution in [0.3, 0.4) is 0 Å².